The van der Waals surface area contributed by atoms with Gasteiger partial charge in [-0.1, -0.05) is 29.3 Å². The van der Waals surface area contributed by atoms with Gasteiger partial charge in [-0.15, -0.1) is 0 Å². The summed E-state index contributed by atoms with van der Waals surface area (Å²) in [6.07, 6.45) is 0.596. The van der Waals surface area contributed by atoms with Crippen LogP contribution in [0.4, 0.5) is 0 Å². The van der Waals surface area contributed by atoms with Gasteiger partial charge in [0.05, 0.1) is 0 Å². The standard InChI is InChI=1S/C14H15Cl2NO/c1-8-6-10(9(2)18-8)14(17)7-11-12(15)4-3-5-13(11)16/h3-6,14H,7,17H2,1-2H3. The third-order valence-electron chi connectivity index (χ3n) is 2.96. The van der Waals surface area contributed by atoms with E-state index in [1.807, 2.05) is 38.1 Å². The first kappa shape index (κ1) is 13.5. The third-order valence-corrected chi connectivity index (χ3v) is 3.67. The summed E-state index contributed by atoms with van der Waals surface area (Å²) in [4.78, 5) is 0. The molecule has 0 saturated heterocycles. The van der Waals surface area contributed by atoms with E-state index >= 15 is 0 Å². The summed E-state index contributed by atoms with van der Waals surface area (Å²) in [5.41, 5.74) is 8.09. The first-order valence-electron chi connectivity index (χ1n) is 5.74. The van der Waals surface area contributed by atoms with Crippen molar-refractivity contribution >= 4 is 23.2 Å². The first-order valence-corrected chi connectivity index (χ1v) is 6.50. The first-order chi connectivity index (χ1) is 8.49. The average Bonchev–Trinajstić information content (AvgIpc) is 2.63. The minimum atomic E-state index is -0.167. The zero-order valence-electron chi connectivity index (χ0n) is 10.3. The Labute approximate surface area is 117 Å². The van der Waals surface area contributed by atoms with Crippen LogP contribution in [0, 0.1) is 13.8 Å². The predicted octanol–water partition coefficient (Wildman–Crippen LogP) is 4.45. The second kappa shape index (κ2) is 5.35. The molecule has 0 radical (unpaired) electrons. The van der Waals surface area contributed by atoms with E-state index < -0.39 is 0 Å². The monoisotopic (exact) mass is 283 g/mol. The molecule has 0 bridgehead atoms. The molecule has 0 aliphatic rings. The molecular weight excluding hydrogens is 269 g/mol. The molecule has 1 unspecified atom stereocenters. The summed E-state index contributed by atoms with van der Waals surface area (Å²) < 4.78 is 5.49. The molecule has 96 valence electrons. The van der Waals surface area contributed by atoms with Crippen LogP contribution >= 0.6 is 23.2 Å². The Hall–Kier alpha value is -0.960. The lowest BCUT2D eigenvalue weighted by Crippen LogP contribution is -2.14. The van der Waals surface area contributed by atoms with Crippen molar-refractivity contribution < 1.29 is 4.42 Å². The fourth-order valence-electron chi connectivity index (χ4n) is 2.08. The average molecular weight is 284 g/mol. The van der Waals surface area contributed by atoms with Crippen molar-refractivity contribution in [3.8, 4) is 0 Å². The van der Waals surface area contributed by atoms with Crippen LogP contribution in [0.15, 0.2) is 28.7 Å². The third kappa shape index (κ3) is 2.72. The highest BCUT2D eigenvalue weighted by molar-refractivity contribution is 6.36. The molecule has 1 aromatic carbocycles. The van der Waals surface area contributed by atoms with Crippen LogP contribution in [0.5, 0.6) is 0 Å². The van der Waals surface area contributed by atoms with E-state index in [0.717, 1.165) is 22.6 Å². The Kier molecular flexibility index (Phi) is 4.00. The van der Waals surface area contributed by atoms with Gasteiger partial charge in [0.15, 0.2) is 0 Å². The Bertz CT molecular complexity index is 543. The van der Waals surface area contributed by atoms with Gasteiger partial charge in [0.1, 0.15) is 11.5 Å². The molecule has 2 rings (SSSR count). The van der Waals surface area contributed by atoms with Gasteiger partial charge >= 0.3 is 0 Å². The molecule has 1 heterocycles. The molecule has 0 spiro atoms. The van der Waals surface area contributed by atoms with Gasteiger partial charge in [0, 0.05) is 21.7 Å². The van der Waals surface area contributed by atoms with Crippen molar-refractivity contribution in [1.29, 1.82) is 0 Å². The number of hydrogen-bond donors (Lipinski definition) is 1. The number of furan rings is 1. The van der Waals surface area contributed by atoms with Crippen LogP contribution in [0.2, 0.25) is 10.0 Å². The Balaban J connectivity index is 2.26. The molecule has 18 heavy (non-hydrogen) atoms. The maximum atomic E-state index is 6.20. The highest BCUT2D eigenvalue weighted by atomic mass is 35.5. The molecule has 2 nitrogen and oxygen atoms in total. The van der Waals surface area contributed by atoms with Crippen LogP contribution in [-0.4, -0.2) is 0 Å². The van der Waals surface area contributed by atoms with Crippen molar-refractivity contribution in [2.45, 2.75) is 26.3 Å². The van der Waals surface area contributed by atoms with E-state index in [1.54, 1.807) is 0 Å². The van der Waals surface area contributed by atoms with E-state index in [2.05, 4.69) is 0 Å². The highest BCUT2D eigenvalue weighted by Gasteiger charge is 2.16. The Morgan fingerprint density at radius 1 is 1.22 bits per heavy atom. The molecule has 1 atom stereocenters. The fraction of sp³-hybridized carbons (Fsp3) is 0.286. The lowest BCUT2D eigenvalue weighted by molar-refractivity contribution is 0.497. The number of aryl methyl sites for hydroxylation is 2. The molecule has 2 N–H and O–H groups in total. The zero-order valence-corrected chi connectivity index (χ0v) is 11.8. The quantitative estimate of drug-likeness (QED) is 0.904. The van der Waals surface area contributed by atoms with Gasteiger partial charge in [0.25, 0.3) is 0 Å². The normalized spacial score (nSPS) is 12.7. The Morgan fingerprint density at radius 2 is 1.83 bits per heavy atom. The van der Waals surface area contributed by atoms with Crippen molar-refractivity contribution in [2.75, 3.05) is 0 Å². The van der Waals surface area contributed by atoms with Gasteiger partial charge in [0.2, 0.25) is 0 Å². The summed E-state index contributed by atoms with van der Waals surface area (Å²) >= 11 is 12.3. The van der Waals surface area contributed by atoms with Crippen molar-refractivity contribution in [3.05, 3.63) is 57.0 Å². The van der Waals surface area contributed by atoms with Crippen LogP contribution < -0.4 is 5.73 Å². The zero-order chi connectivity index (χ0) is 13.3. The second-order valence-corrected chi connectivity index (χ2v) is 5.19. The lowest BCUT2D eigenvalue weighted by Gasteiger charge is -2.13. The maximum Gasteiger partial charge on any atom is 0.105 e. The predicted molar refractivity (Wildman–Crippen MR) is 75.3 cm³/mol. The fourth-order valence-corrected chi connectivity index (χ4v) is 2.63. The SMILES string of the molecule is Cc1cc(C(N)Cc2c(Cl)cccc2Cl)c(C)o1. The number of halogens is 2. The number of hydrogen-bond acceptors (Lipinski definition) is 2. The van der Waals surface area contributed by atoms with Crippen LogP contribution in [0.25, 0.3) is 0 Å². The van der Waals surface area contributed by atoms with Crippen LogP contribution in [0.3, 0.4) is 0 Å². The molecule has 0 saturated carbocycles. The summed E-state index contributed by atoms with van der Waals surface area (Å²) in [5.74, 6) is 1.71. The number of nitrogens with two attached hydrogens (primary N) is 1. The molecular formula is C14H15Cl2NO. The van der Waals surface area contributed by atoms with Crippen molar-refractivity contribution in [3.63, 3.8) is 0 Å². The minimum absolute atomic E-state index is 0.167. The molecule has 4 heteroatoms. The molecule has 1 aromatic heterocycles. The van der Waals surface area contributed by atoms with Crippen molar-refractivity contribution in [1.82, 2.24) is 0 Å². The summed E-state index contributed by atoms with van der Waals surface area (Å²) in [6.45, 7) is 3.82. The molecule has 0 aliphatic heterocycles. The lowest BCUT2D eigenvalue weighted by atomic mass is 10.00. The van der Waals surface area contributed by atoms with E-state index in [4.69, 9.17) is 33.4 Å². The van der Waals surface area contributed by atoms with Crippen LogP contribution in [0.1, 0.15) is 28.7 Å². The smallest absolute Gasteiger partial charge is 0.105 e. The van der Waals surface area contributed by atoms with Gasteiger partial charge in [-0.3, -0.25) is 0 Å². The van der Waals surface area contributed by atoms with Crippen LogP contribution in [-0.2, 0) is 6.42 Å². The summed E-state index contributed by atoms with van der Waals surface area (Å²) in [7, 11) is 0. The van der Waals surface area contributed by atoms with Gasteiger partial charge in [-0.05, 0) is 44.0 Å². The van der Waals surface area contributed by atoms with Gasteiger partial charge in [-0.2, -0.15) is 0 Å². The van der Waals surface area contributed by atoms with Gasteiger partial charge < -0.3 is 10.2 Å². The van der Waals surface area contributed by atoms with E-state index in [-0.39, 0.29) is 6.04 Å². The molecule has 2 aromatic rings. The maximum absolute atomic E-state index is 6.20. The van der Waals surface area contributed by atoms with E-state index in [1.165, 1.54) is 0 Å². The molecule has 0 aliphatic carbocycles. The van der Waals surface area contributed by atoms with E-state index in [9.17, 15) is 0 Å². The topological polar surface area (TPSA) is 39.2 Å². The molecule has 0 fully saturated rings. The summed E-state index contributed by atoms with van der Waals surface area (Å²) in [5, 5.41) is 1.30. The summed E-state index contributed by atoms with van der Waals surface area (Å²) in [6, 6.07) is 7.27. The highest BCUT2D eigenvalue weighted by Crippen LogP contribution is 2.30. The van der Waals surface area contributed by atoms with Crippen molar-refractivity contribution in [2.24, 2.45) is 5.73 Å². The molecule has 0 amide bonds. The number of benzene rings is 1. The second-order valence-electron chi connectivity index (χ2n) is 4.38. The largest absolute Gasteiger partial charge is 0.466 e. The van der Waals surface area contributed by atoms with Gasteiger partial charge in [-0.25, -0.2) is 0 Å². The van der Waals surface area contributed by atoms with E-state index in [0.29, 0.717) is 16.5 Å². The number of rotatable bonds is 3. The Morgan fingerprint density at radius 3 is 2.33 bits per heavy atom. The minimum Gasteiger partial charge on any atom is -0.466 e.